The molecule has 4 heterocycles. The molecule has 0 atom stereocenters. The van der Waals surface area contributed by atoms with Gasteiger partial charge in [0.1, 0.15) is 11.6 Å². The number of ether oxygens (including phenoxy) is 1. The van der Waals surface area contributed by atoms with Gasteiger partial charge in [-0.05, 0) is 54.3 Å². The van der Waals surface area contributed by atoms with E-state index < -0.39 is 0 Å². The molecule has 36 heavy (non-hydrogen) atoms. The monoisotopic (exact) mass is 483 g/mol. The lowest BCUT2D eigenvalue weighted by Crippen LogP contribution is -2.48. The Morgan fingerprint density at radius 1 is 1.11 bits per heavy atom. The molecule has 9 nitrogen and oxygen atoms in total. The van der Waals surface area contributed by atoms with Crippen LogP contribution >= 0.6 is 0 Å². The van der Waals surface area contributed by atoms with Crippen LogP contribution in [0.3, 0.4) is 0 Å². The zero-order valence-electron chi connectivity index (χ0n) is 20.3. The van der Waals surface area contributed by atoms with Crippen molar-refractivity contribution < 1.29 is 9.53 Å². The molecule has 9 heteroatoms. The number of nitrogens with one attached hydrogen (secondary N) is 2. The summed E-state index contributed by atoms with van der Waals surface area (Å²) in [6.45, 7) is 4.27. The van der Waals surface area contributed by atoms with Crippen LogP contribution in [0.1, 0.15) is 18.4 Å². The van der Waals surface area contributed by atoms with Crippen LogP contribution < -0.4 is 10.1 Å². The Labute approximate surface area is 209 Å². The molecule has 1 saturated heterocycles. The number of aromatic nitrogens is 4. The minimum absolute atomic E-state index is 0.300. The average molecular weight is 484 g/mol. The zero-order valence-corrected chi connectivity index (χ0v) is 20.3. The van der Waals surface area contributed by atoms with Crippen molar-refractivity contribution in [3.63, 3.8) is 0 Å². The molecule has 0 unspecified atom stereocenters. The van der Waals surface area contributed by atoms with Gasteiger partial charge in [0.15, 0.2) is 0 Å². The van der Waals surface area contributed by atoms with Gasteiger partial charge in [-0.2, -0.15) is 0 Å². The fourth-order valence-electron chi connectivity index (χ4n) is 4.75. The highest BCUT2D eigenvalue weighted by Crippen LogP contribution is 2.32. The number of carbonyl (C=O) groups is 1. The van der Waals surface area contributed by atoms with Gasteiger partial charge in [0.05, 0.1) is 24.3 Å². The van der Waals surface area contributed by atoms with Gasteiger partial charge >= 0.3 is 0 Å². The third-order valence-electron chi connectivity index (χ3n) is 6.88. The summed E-state index contributed by atoms with van der Waals surface area (Å²) < 4.78 is 5.46. The van der Waals surface area contributed by atoms with E-state index in [4.69, 9.17) is 4.74 Å². The van der Waals surface area contributed by atoms with Crippen molar-refractivity contribution in [2.24, 2.45) is 5.92 Å². The minimum atomic E-state index is 0.300. The van der Waals surface area contributed by atoms with Crippen molar-refractivity contribution in [2.75, 3.05) is 38.6 Å². The van der Waals surface area contributed by atoms with E-state index in [1.165, 1.54) is 5.56 Å². The molecule has 1 aliphatic heterocycles. The molecule has 1 saturated carbocycles. The molecule has 1 aliphatic carbocycles. The van der Waals surface area contributed by atoms with Crippen LogP contribution in [0.15, 0.2) is 55.0 Å². The number of nitrogens with zero attached hydrogens (tertiary/aromatic N) is 5. The van der Waals surface area contributed by atoms with E-state index in [2.05, 4.69) is 42.3 Å². The number of carbonyl (C=O) groups excluding carboxylic acids is 1. The summed E-state index contributed by atoms with van der Waals surface area (Å²) in [5, 5.41) is 3.31. The number of pyridine rings is 2. The summed E-state index contributed by atoms with van der Waals surface area (Å²) in [6.07, 6.45) is 7.43. The summed E-state index contributed by atoms with van der Waals surface area (Å²) in [6, 6.07) is 12.1. The number of anilines is 2. The number of H-pyrrole nitrogens is 1. The molecular formula is C27H29N7O2. The number of piperazine rings is 1. The van der Waals surface area contributed by atoms with Crippen molar-refractivity contribution in [1.29, 1.82) is 0 Å². The highest BCUT2D eigenvalue weighted by Gasteiger charge is 2.34. The standard InChI is InChI=1S/C27H29N7O2/c1-36-24-16-28-8-7-21(24)20-4-5-22-23(15-20)31-27(30-22)32-25-14-18(6-9-29-25)17-33-10-12-34(13-11-33)26(35)19-2-3-19/h4-9,14-16,19H,2-3,10-13,17H2,1H3,(H2,29,30,31,32). The van der Waals surface area contributed by atoms with Crippen LogP contribution in [-0.4, -0.2) is 68.9 Å². The molecule has 184 valence electrons. The molecule has 2 N–H and O–H groups in total. The first-order valence-electron chi connectivity index (χ1n) is 12.4. The van der Waals surface area contributed by atoms with E-state index in [0.29, 0.717) is 17.8 Å². The van der Waals surface area contributed by atoms with Crippen LogP contribution in [-0.2, 0) is 11.3 Å². The minimum Gasteiger partial charge on any atom is -0.494 e. The lowest BCUT2D eigenvalue weighted by Gasteiger charge is -2.34. The van der Waals surface area contributed by atoms with Gasteiger partial charge in [-0.3, -0.25) is 14.7 Å². The summed E-state index contributed by atoms with van der Waals surface area (Å²) in [5.41, 5.74) is 4.96. The largest absolute Gasteiger partial charge is 0.494 e. The molecule has 2 fully saturated rings. The topological polar surface area (TPSA) is 99.3 Å². The van der Waals surface area contributed by atoms with Crippen LogP contribution in [0.2, 0.25) is 0 Å². The van der Waals surface area contributed by atoms with Gasteiger partial charge in [0.25, 0.3) is 0 Å². The Hall–Kier alpha value is -3.98. The second-order valence-electron chi connectivity index (χ2n) is 9.44. The molecule has 6 rings (SSSR count). The Balaban J connectivity index is 1.12. The van der Waals surface area contributed by atoms with E-state index in [-0.39, 0.29) is 0 Å². The van der Waals surface area contributed by atoms with E-state index in [1.807, 2.05) is 35.4 Å². The Bertz CT molecular complexity index is 1390. The third-order valence-corrected chi connectivity index (χ3v) is 6.88. The van der Waals surface area contributed by atoms with Crippen LogP contribution in [0, 0.1) is 5.92 Å². The van der Waals surface area contributed by atoms with E-state index in [0.717, 1.165) is 79.3 Å². The average Bonchev–Trinajstić information content (AvgIpc) is 3.68. The number of benzene rings is 1. The SMILES string of the molecule is COc1cnccc1-c1ccc2nc(Nc3cc(CN4CCN(C(=O)C5CC5)CC4)ccn3)[nH]c2c1. The van der Waals surface area contributed by atoms with Gasteiger partial charge in [-0.15, -0.1) is 0 Å². The second kappa shape index (κ2) is 9.58. The normalized spacial score (nSPS) is 16.3. The highest BCUT2D eigenvalue weighted by molar-refractivity contribution is 5.85. The number of imidazole rings is 1. The quantitative estimate of drug-likeness (QED) is 0.412. The third kappa shape index (κ3) is 4.74. The van der Waals surface area contributed by atoms with Crippen molar-refractivity contribution in [3.05, 3.63) is 60.6 Å². The fourth-order valence-corrected chi connectivity index (χ4v) is 4.75. The molecule has 1 amide bonds. The molecular weight excluding hydrogens is 454 g/mol. The van der Waals surface area contributed by atoms with Gasteiger partial charge in [-0.25, -0.2) is 9.97 Å². The predicted molar refractivity (Wildman–Crippen MR) is 138 cm³/mol. The molecule has 0 radical (unpaired) electrons. The summed E-state index contributed by atoms with van der Waals surface area (Å²) in [7, 11) is 1.65. The Kier molecular flexibility index (Phi) is 5.98. The number of rotatable bonds is 7. The Morgan fingerprint density at radius 3 is 2.78 bits per heavy atom. The van der Waals surface area contributed by atoms with E-state index in [1.54, 1.807) is 19.5 Å². The first-order valence-corrected chi connectivity index (χ1v) is 12.4. The number of methoxy groups -OCH3 is 1. The van der Waals surface area contributed by atoms with E-state index >= 15 is 0 Å². The van der Waals surface area contributed by atoms with Crippen LogP contribution in [0.25, 0.3) is 22.2 Å². The molecule has 2 aliphatic rings. The summed E-state index contributed by atoms with van der Waals surface area (Å²) >= 11 is 0. The van der Waals surface area contributed by atoms with Crippen molar-refractivity contribution in [2.45, 2.75) is 19.4 Å². The van der Waals surface area contributed by atoms with Crippen molar-refractivity contribution >= 4 is 28.7 Å². The molecule has 4 aromatic rings. The first-order chi connectivity index (χ1) is 17.7. The molecule has 1 aromatic carbocycles. The maximum Gasteiger partial charge on any atom is 0.225 e. The van der Waals surface area contributed by atoms with Crippen LogP contribution in [0.5, 0.6) is 5.75 Å². The zero-order chi connectivity index (χ0) is 24.5. The van der Waals surface area contributed by atoms with Crippen molar-refractivity contribution in [1.82, 2.24) is 29.7 Å². The molecule has 0 spiro atoms. The van der Waals surface area contributed by atoms with Gasteiger partial charge in [0.2, 0.25) is 11.9 Å². The second-order valence-corrected chi connectivity index (χ2v) is 9.44. The van der Waals surface area contributed by atoms with E-state index in [9.17, 15) is 4.79 Å². The molecule has 0 bridgehead atoms. The van der Waals surface area contributed by atoms with Gasteiger partial charge in [-0.1, -0.05) is 6.07 Å². The number of hydrogen-bond acceptors (Lipinski definition) is 7. The maximum atomic E-state index is 12.3. The molecule has 3 aromatic heterocycles. The maximum absolute atomic E-state index is 12.3. The van der Waals surface area contributed by atoms with Crippen LogP contribution in [0.4, 0.5) is 11.8 Å². The lowest BCUT2D eigenvalue weighted by atomic mass is 10.1. The summed E-state index contributed by atoms with van der Waals surface area (Å²) in [4.78, 5) is 33.4. The lowest BCUT2D eigenvalue weighted by molar-refractivity contribution is -0.134. The van der Waals surface area contributed by atoms with Crippen molar-refractivity contribution in [3.8, 4) is 16.9 Å². The van der Waals surface area contributed by atoms with Gasteiger partial charge in [0, 0.05) is 56.6 Å². The predicted octanol–water partition coefficient (Wildman–Crippen LogP) is 3.83. The number of amides is 1. The summed E-state index contributed by atoms with van der Waals surface area (Å²) in [5.74, 6) is 2.76. The highest BCUT2D eigenvalue weighted by atomic mass is 16.5. The first kappa shape index (κ1) is 22.5. The Morgan fingerprint density at radius 2 is 1.97 bits per heavy atom. The number of aromatic amines is 1. The fraction of sp³-hybridized carbons (Fsp3) is 0.333. The van der Waals surface area contributed by atoms with Gasteiger partial charge < -0.3 is 19.9 Å². The number of hydrogen-bond donors (Lipinski definition) is 2. The number of fused-ring (bicyclic) bond motifs is 1. The smallest absolute Gasteiger partial charge is 0.225 e.